The molecule has 1 N–H and O–H groups in total. The largest absolute Gasteiger partial charge is 0.496 e. The predicted octanol–water partition coefficient (Wildman–Crippen LogP) is 3.21. The summed E-state index contributed by atoms with van der Waals surface area (Å²) in [6.45, 7) is 5.18. The number of amides is 1. The zero-order chi connectivity index (χ0) is 19.4. The Bertz CT molecular complexity index is 815. The number of aromatic nitrogens is 1. The molecule has 2 aromatic rings. The Labute approximate surface area is 158 Å². The molecule has 1 fully saturated rings. The van der Waals surface area contributed by atoms with Crippen molar-refractivity contribution in [1.82, 2.24) is 10.3 Å². The smallest absolute Gasteiger partial charge is 0.231 e. The van der Waals surface area contributed by atoms with Crippen LogP contribution < -0.4 is 10.1 Å². The van der Waals surface area contributed by atoms with Crippen molar-refractivity contribution in [2.24, 2.45) is 0 Å². The van der Waals surface area contributed by atoms with E-state index in [0.29, 0.717) is 32.6 Å². The minimum absolute atomic E-state index is 0.0850. The maximum atomic E-state index is 13.4. The highest BCUT2D eigenvalue weighted by molar-refractivity contribution is 5.88. The average molecular weight is 372 g/mol. The molecule has 0 bridgehead atoms. The molecule has 0 saturated carbocycles. The quantitative estimate of drug-likeness (QED) is 0.876. The second kappa shape index (κ2) is 8.05. The van der Waals surface area contributed by atoms with Gasteiger partial charge in [0.25, 0.3) is 0 Å². The molecule has 6 heteroatoms. The van der Waals surface area contributed by atoms with Crippen LogP contribution in [0.3, 0.4) is 0 Å². The van der Waals surface area contributed by atoms with Gasteiger partial charge in [0, 0.05) is 30.5 Å². The molecule has 0 atom stereocenters. The number of benzene rings is 1. The number of pyridine rings is 1. The van der Waals surface area contributed by atoms with Crippen molar-refractivity contribution < 1.29 is 18.7 Å². The number of nitrogens with one attached hydrogen (secondary N) is 1. The molecule has 5 nitrogen and oxygen atoms in total. The van der Waals surface area contributed by atoms with Gasteiger partial charge in [-0.15, -0.1) is 0 Å². The predicted molar refractivity (Wildman–Crippen MR) is 100 cm³/mol. The molecule has 144 valence electrons. The number of methoxy groups -OCH3 is 1. The van der Waals surface area contributed by atoms with E-state index in [2.05, 4.69) is 10.3 Å². The minimum Gasteiger partial charge on any atom is -0.496 e. The second-order valence-electron chi connectivity index (χ2n) is 6.93. The second-order valence-corrected chi connectivity index (χ2v) is 6.93. The van der Waals surface area contributed by atoms with E-state index in [9.17, 15) is 9.18 Å². The van der Waals surface area contributed by atoms with E-state index < -0.39 is 5.41 Å². The van der Waals surface area contributed by atoms with Gasteiger partial charge in [0.2, 0.25) is 5.91 Å². The molecule has 3 rings (SSSR count). The van der Waals surface area contributed by atoms with E-state index >= 15 is 0 Å². The lowest BCUT2D eigenvalue weighted by atomic mass is 9.73. The highest BCUT2D eigenvalue weighted by Gasteiger charge is 2.41. The molecule has 1 aromatic heterocycles. The van der Waals surface area contributed by atoms with Gasteiger partial charge < -0.3 is 14.8 Å². The summed E-state index contributed by atoms with van der Waals surface area (Å²) < 4.78 is 24.2. The lowest BCUT2D eigenvalue weighted by Crippen LogP contribution is -2.48. The Morgan fingerprint density at radius 2 is 1.93 bits per heavy atom. The Hall–Kier alpha value is -2.47. The van der Waals surface area contributed by atoms with Gasteiger partial charge in [-0.3, -0.25) is 9.78 Å². The number of ether oxygens (including phenoxy) is 2. The van der Waals surface area contributed by atoms with Gasteiger partial charge in [-0.25, -0.2) is 4.39 Å². The summed E-state index contributed by atoms with van der Waals surface area (Å²) in [4.78, 5) is 17.6. The molecule has 1 aromatic carbocycles. The molecule has 27 heavy (non-hydrogen) atoms. The lowest BCUT2D eigenvalue weighted by molar-refractivity contribution is -0.130. The fourth-order valence-corrected chi connectivity index (χ4v) is 3.72. The normalized spacial score (nSPS) is 16.0. The first-order chi connectivity index (χ1) is 13.0. The lowest BCUT2D eigenvalue weighted by Gasteiger charge is -2.36. The third kappa shape index (κ3) is 3.81. The summed E-state index contributed by atoms with van der Waals surface area (Å²) in [5.74, 6) is 0.389. The summed E-state index contributed by atoms with van der Waals surface area (Å²) in [5, 5.41) is 3.03. The van der Waals surface area contributed by atoms with Crippen LogP contribution in [0.5, 0.6) is 5.75 Å². The van der Waals surface area contributed by atoms with Gasteiger partial charge in [0.15, 0.2) is 0 Å². The summed E-state index contributed by atoms with van der Waals surface area (Å²) in [7, 11) is 1.63. The number of hydrogen-bond donors (Lipinski definition) is 1. The monoisotopic (exact) mass is 372 g/mol. The first-order valence-corrected chi connectivity index (χ1v) is 9.09. The third-order valence-corrected chi connectivity index (χ3v) is 5.34. The molecule has 0 unspecified atom stereocenters. The number of aryl methyl sites for hydroxylation is 1. The van der Waals surface area contributed by atoms with E-state index in [0.717, 1.165) is 28.1 Å². The molecule has 1 aliphatic rings. The van der Waals surface area contributed by atoms with E-state index in [1.165, 1.54) is 12.1 Å². The molecular weight excluding hydrogens is 347 g/mol. The first kappa shape index (κ1) is 19.3. The van der Waals surface area contributed by atoms with E-state index in [4.69, 9.17) is 9.47 Å². The van der Waals surface area contributed by atoms with Crippen molar-refractivity contribution in [3.05, 3.63) is 58.7 Å². The molecule has 0 aliphatic carbocycles. The summed E-state index contributed by atoms with van der Waals surface area (Å²) in [5.41, 5.74) is 2.75. The summed E-state index contributed by atoms with van der Waals surface area (Å²) in [6, 6.07) is 6.18. The zero-order valence-electron chi connectivity index (χ0n) is 16.0. The van der Waals surface area contributed by atoms with E-state index in [1.54, 1.807) is 25.4 Å². The highest BCUT2D eigenvalue weighted by atomic mass is 19.1. The van der Waals surface area contributed by atoms with Gasteiger partial charge >= 0.3 is 0 Å². The number of carbonyl (C=O) groups is 1. The van der Waals surface area contributed by atoms with Crippen LogP contribution in [-0.2, 0) is 21.5 Å². The van der Waals surface area contributed by atoms with Crippen molar-refractivity contribution in [2.75, 3.05) is 20.3 Å². The maximum Gasteiger partial charge on any atom is 0.231 e. The van der Waals surface area contributed by atoms with Crippen LogP contribution in [0, 0.1) is 19.7 Å². The number of halogens is 1. The van der Waals surface area contributed by atoms with Crippen LogP contribution >= 0.6 is 0 Å². The fraction of sp³-hybridized carbons (Fsp3) is 0.429. The molecule has 0 radical (unpaired) electrons. The van der Waals surface area contributed by atoms with Crippen molar-refractivity contribution in [2.45, 2.75) is 38.6 Å². The molecule has 1 amide bonds. The summed E-state index contributed by atoms with van der Waals surface area (Å²) >= 11 is 0. The number of nitrogens with zero attached hydrogens (tertiary/aromatic N) is 1. The van der Waals surface area contributed by atoms with Crippen LogP contribution in [-0.4, -0.2) is 31.2 Å². The number of rotatable bonds is 5. The number of hydrogen-bond acceptors (Lipinski definition) is 4. The van der Waals surface area contributed by atoms with Crippen molar-refractivity contribution in [1.29, 1.82) is 0 Å². The molecule has 1 saturated heterocycles. The van der Waals surface area contributed by atoms with Gasteiger partial charge in [0.05, 0.1) is 24.8 Å². The minimum atomic E-state index is -0.714. The molecule has 2 heterocycles. The van der Waals surface area contributed by atoms with Crippen molar-refractivity contribution >= 4 is 5.91 Å². The van der Waals surface area contributed by atoms with Crippen LogP contribution in [0.1, 0.15) is 35.2 Å². The third-order valence-electron chi connectivity index (χ3n) is 5.34. The highest BCUT2D eigenvalue weighted by Crippen LogP contribution is 2.35. The topological polar surface area (TPSA) is 60.5 Å². The Morgan fingerprint density at radius 3 is 2.56 bits per heavy atom. The van der Waals surface area contributed by atoms with Crippen molar-refractivity contribution in [3.8, 4) is 5.75 Å². The van der Waals surface area contributed by atoms with Gasteiger partial charge in [-0.05, 0) is 44.4 Å². The fourth-order valence-electron chi connectivity index (χ4n) is 3.72. The van der Waals surface area contributed by atoms with Crippen molar-refractivity contribution in [3.63, 3.8) is 0 Å². The van der Waals surface area contributed by atoms with Crippen LogP contribution in [0.25, 0.3) is 0 Å². The first-order valence-electron chi connectivity index (χ1n) is 9.09. The van der Waals surface area contributed by atoms with Gasteiger partial charge in [-0.1, -0.05) is 12.1 Å². The SMILES string of the molecule is COc1c(C)cnc(CNC(=O)C2(c3ccc(F)cc3)CCOCC2)c1C. The van der Waals surface area contributed by atoms with Crippen LogP contribution in [0.4, 0.5) is 4.39 Å². The van der Waals surface area contributed by atoms with E-state index in [-0.39, 0.29) is 11.7 Å². The average Bonchev–Trinajstić information content (AvgIpc) is 2.68. The molecule has 0 spiro atoms. The molecule has 1 aliphatic heterocycles. The number of carbonyl (C=O) groups excluding carboxylic acids is 1. The maximum absolute atomic E-state index is 13.4. The van der Waals surface area contributed by atoms with E-state index in [1.807, 2.05) is 13.8 Å². The zero-order valence-corrected chi connectivity index (χ0v) is 16.0. The Morgan fingerprint density at radius 1 is 1.26 bits per heavy atom. The standard InChI is InChI=1S/C21H25FN2O3/c1-14-12-23-18(15(2)19(14)26-3)13-24-20(25)21(8-10-27-11-9-21)16-4-6-17(22)7-5-16/h4-7,12H,8-11,13H2,1-3H3,(H,24,25). The molecular formula is C21H25FN2O3. The Balaban J connectivity index is 1.83. The van der Waals surface area contributed by atoms with Gasteiger partial charge in [0.1, 0.15) is 11.6 Å². The van der Waals surface area contributed by atoms with Crippen LogP contribution in [0.15, 0.2) is 30.5 Å². The summed E-state index contributed by atoms with van der Waals surface area (Å²) in [6.07, 6.45) is 2.87. The Kier molecular flexibility index (Phi) is 5.75. The van der Waals surface area contributed by atoms with Gasteiger partial charge in [-0.2, -0.15) is 0 Å². The van der Waals surface area contributed by atoms with Crippen LogP contribution in [0.2, 0.25) is 0 Å².